The van der Waals surface area contributed by atoms with Crippen molar-refractivity contribution in [1.82, 2.24) is 0 Å². The van der Waals surface area contributed by atoms with Crippen molar-refractivity contribution in [2.45, 2.75) is 0 Å². The van der Waals surface area contributed by atoms with E-state index in [1.807, 2.05) is 0 Å². The number of halogens is 1. The van der Waals surface area contributed by atoms with E-state index in [0.717, 1.165) is 0 Å². The number of para-hydroxylation sites is 1. The number of nitrogens with two attached hydrogens (primary N) is 1. The predicted octanol–water partition coefficient (Wildman–Crippen LogP) is 2.70. The molecule has 0 aliphatic rings. The van der Waals surface area contributed by atoms with Crippen LogP contribution in [0.3, 0.4) is 0 Å². The van der Waals surface area contributed by atoms with Crippen LogP contribution in [0.4, 0.5) is 5.69 Å². The molecule has 0 bridgehead atoms. The summed E-state index contributed by atoms with van der Waals surface area (Å²) in [5.74, 6) is -0.530. The number of carbonyl (C=O) groups excluding carboxylic acids is 2. The molecule has 0 unspecified atom stereocenters. The van der Waals surface area contributed by atoms with Gasteiger partial charge in [-0.1, -0.05) is 23.7 Å². The van der Waals surface area contributed by atoms with Crippen molar-refractivity contribution in [3.8, 4) is 5.75 Å². The third kappa shape index (κ3) is 3.32. The number of rotatable bonds is 4. The van der Waals surface area contributed by atoms with E-state index in [-0.39, 0.29) is 5.56 Å². The maximum absolute atomic E-state index is 12.2. The zero-order valence-electron chi connectivity index (χ0n) is 11.2. The molecule has 0 fully saturated rings. The first-order valence-corrected chi connectivity index (χ1v) is 6.44. The lowest BCUT2D eigenvalue weighted by atomic mass is 10.1. The van der Waals surface area contributed by atoms with Crippen LogP contribution < -0.4 is 15.8 Å². The van der Waals surface area contributed by atoms with Crippen LogP contribution in [-0.4, -0.2) is 18.9 Å². The van der Waals surface area contributed by atoms with Crippen LogP contribution in [0, 0.1) is 0 Å². The van der Waals surface area contributed by atoms with Gasteiger partial charge in [0.15, 0.2) is 0 Å². The lowest BCUT2D eigenvalue weighted by Gasteiger charge is -2.10. The minimum atomic E-state index is -0.612. The van der Waals surface area contributed by atoms with E-state index in [0.29, 0.717) is 22.0 Å². The summed E-state index contributed by atoms with van der Waals surface area (Å²) in [4.78, 5) is 23.5. The van der Waals surface area contributed by atoms with Crippen molar-refractivity contribution >= 4 is 29.1 Å². The fourth-order valence-corrected chi connectivity index (χ4v) is 2.07. The van der Waals surface area contributed by atoms with Gasteiger partial charge in [0.05, 0.1) is 23.4 Å². The Morgan fingerprint density at radius 2 is 1.90 bits per heavy atom. The normalized spacial score (nSPS) is 10.0. The Morgan fingerprint density at radius 1 is 1.19 bits per heavy atom. The third-order valence-electron chi connectivity index (χ3n) is 2.85. The summed E-state index contributed by atoms with van der Waals surface area (Å²) < 4.78 is 5.02. The highest BCUT2D eigenvalue weighted by molar-refractivity contribution is 6.32. The zero-order valence-corrected chi connectivity index (χ0v) is 12.0. The maximum atomic E-state index is 12.2. The number of hydrogen-bond acceptors (Lipinski definition) is 3. The first kappa shape index (κ1) is 14.9. The van der Waals surface area contributed by atoms with Crippen molar-refractivity contribution in [2.75, 3.05) is 12.4 Å². The van der Waals surface area contributed by atoms with E-state index in [1.165, 1.54) is 13.2 Å². The number of primary amides is 1. The van der Waals surface area contributed by atoms with Gasteiger partial charge in [0.1, 0.15) is 5.75 Å². The Bertz CT molecular complexity index is 701. The smallest absolute Gasteiger partial charge is 0.255 e. The van der Waals surface area contributed by atoms with E-state index < -0.39 is 11.8 Å². The first-order chi connectivity index (χ1) is 10.0. The highest BCUT2D eigenvalue weighted by atomic mass is 35.5. The lowest BCUT2D eigenvalue weighted by molar-refractivity contribution is 0.100. The Morgan fingerprint density at radius 3 is 2.52 bits per heavy atom. The Kier molecular flexibility index (Phi) is 4.45. The van der Waals surface area contributed by atoms with Crippen molar-refractivity contribution in [3.63, 3.8) is 0 Å². The van der Waals surface area contributed by atoms with Crippen molar-refractivity contribution < 1.29 is 14.3 Å². The van der Waals surface area contributed by atoms with Crippen LogP contribution in [-0.2, 0) is 0 Å². The number of nitrogens with one attached hydrogen (secondary N) is 1. The van der Waals surface area contributed by atoms with Gasteiger partial charge in [-0.05, 0) is 30.3 Å². The fourth-order valence-electron chi connectivity index (χ4n) is 1.81. The van der Waals surface area contributed by atoms with Crippen LogP contribution in [0.15, 0.2) is 42.5 Å². The Hall–Kier alpha value is -2.53. The summed E-state index contributed by atoms with van der Waals surface area (Å²) in [6.45, 7) is 0. The summed E-state index contributed by atoms with van der Waals surface area (Å²) in [5, 5.41) is 2.96. The average Bonchev–Trinajstić information content (AvgIpc) is 2.47. The molecule has 6 heteroatoms. The van der Waals surface area contributed by atoms with E-state index in [1.54, 1.807) is 36.4 Å². The maximum Gasteiger partial charge on any atom is 0.255 e. The molecule has 0 atom stereocenters. The molecule has 0 aromatic heterocycles. The summed E-state index contributed by atoms with van der Waals surface area (Å²) in [5.41, 5.74) is 6.20. The van der Waals surface area contributed by atoms with Crippen molar-refractivity contribution in [1.29, 1.82) is 0 Å². The second-order valence-corrected chi connectivity index (χ2v) is 4.62. The number of anilines is 1. The molecular weight excluding hydrogens is 292 g/mol. The van der Waals surface area contributed by atoms with Gasteiger partial charge in [0.2, 0.25) is 0 Å². The van der Waals surface area contributed by atoms with E-state index in [2.05, 4.69) is 5.32 Å². The molecule has 2 aromatic rings. The molecule has 0 aliphatic heterocycles. The van der Waals surface area contributed by atoms with Crippen LogP contribution in [0.25, 0.3) is 0 Å². The fraction of sp³-hybridized carbons (Fsp3) is 0.0667. The van der Waals surface area contributed by atoms with E-state index >= 15 is 0 Å². The summed E-state index contributed by atoms with van der Waals surface area (Å²) in [6, 6.07) is 11.2. The van der Waals surface area contributed by atoms with Gasteiger partial charge in [-0.2, -0.15) is 0 Å². The molecule has 0 heterocycles. The minimum Gasteiger partial charge on any atom is -0.495 e. The largest absolute Gasteiger partial charge is 0.495 e. The van der Waals surface area contributed by atoms with Gasteiger partial charge >= 0.3 is 0 Å². The number of hydrogen-bond donors (Lipinski definition) is 2. The van der Waals surface area contributed by atoms with Crippen LogP contribution >= 0.6 is 11.6 Å². The minimum absolute atomic E-state index is 0.241. The molecular formula is C15H13ClN2O3. The summed E-state index contributed by atoms with van der Waals surface area (Å²) in [6.07, 6.45) is 0. The molecule has 0 aliphatic carbocycles. The summed E-state index contributed by atoms with van der Waals surface area (Å²) in [7, 11) is 1.49. The first-order valence-electron chi connectivity index (χ1n) is 6.06. The lowest BCUT2D eigenvalue weighted by Crippen LogP contribution is -2.18. The van der Waals surface area contributed by atoms with Crippen molar-refractivity contribution in [3.05, 3.63) is 58.6 Å². The molecule has 0 radical (unpaired) electrons. The molecule has 2 rings (SSSR count). The molecule has 0 saturated heterocycles. The molecule has 2 aromatic carbocycles. The zero-order chi connectivity index (χ0) is 15.4. The SMILES string of the molecule is COc1ccc(C(=O)Nc2ccccc2C(N)=O)cc1Cl. The monoisotopic (exact) mass is 304 g/mol. The van der Waals surface area contributed by atoms with E-state index in [4.69, 9.17) is 22.1 Å². The van der Waals surface area contributed by atoms with E-state index in [9.17, 15) is 9.59 Å². The van der Waals surface area contributed by atoms with Crippen molar-refractivity contribution in [2.24, 2.45) is 5.73 Å². The van der Waals surface area contributed by atoms with Gasteiger partial charge in [-0.3, -0.25) is 9.59 Å². The quantitative estimate of drug-likeness (QED) is 0.911. The number of methoxy groups -OCH3 is 1. The van der Waals surface area contributed by atoms with Gasteiger partial charge in [-0.25, -0.2) is 0 Å². The third-order valence-corrected chi connectivity index (χ3v) is 3.15. The summed E-state index contributed by atoms with van der Waals surface area (Å²) >= 11 is 5.98. The highest BCUT2D eigenvalue weighted by Gasteiger charge is 2.13. The number of carbonyl (C=O) groups is 2. The molecule has 2 amide bonds. The second-order valence-electron chi connectivity index (χ2n) is 4.21. The number of ether oxygens (including phenoxy) is 1. The second kappa shape index (κ2) is 6.28. The number of amides is 2. The topological polar surface area (TPSA) is 81.4 Å². The Balaban J connectivity index is 2.26. The molecule has 0 saturated carbocycles. The highest BCUT2D eigenvalue weighted by Crippen LogP contribution is 2.25. The average molecular weight is 305 g/mol. The van der Waals surface area contributed by atoms with Gasteiger partial charge in [0, 0.05) is 5.56 Å². The predicted molar refractivity (Wildman–Crippen MR) is 80.9 cm³/mol. The molecule has 108 valence electrons. The molecule has 3 N–H and O–H groups in total. The molecule has 5 nitrogen and oxygen atoms in total. The van der Waals surface area contributed by atoms with Crippen LogP contribution in [0.1, 0.15) is 20.7 Å². The van der Waals surface area contributed by atoms with Gasteiger partial charge in [0.25, 0.3) is 11.8 Å². The Labute approximate surface area is 126 Å². The molecule has 0 spiro atoms. The number of benzene rings is 2. The van der Waals surface area contributed by atoms with Crippen LogP contribution in [0.2, 0.25) is 5.02 Å². The molecule has 21 heavy (non-hydrogen) atoms. The van der Waals surface area contributed by atoms with Gasteiger partial charge in [-0.15, -0.1) is 0 Å². The standard InChI is InChI=1S/C15H13ClN2O3/c1-21-13-7-6-9(8-11(13)16)15(20)18-12-5-3-2-4-10(12)14(17)19/h2-8H,1H3,(H2,17,19)(H,18,20). The van der Waals surface area contributed by atoms with Gasteiger partial charge < -0.3 is 15.8 Å². The van der Waals surface area contributed by atoms with Crippen LogP contribution in [0.5, 0.6) is 5.75 Å².